The van der Waals surface area contributed by atoms with Gasteiger partial charge in [-0.1, -0.05) is 0 Å². The van der Waals surface area contributed by atoms with E-state index in [0.717, 1.165) is 38.2 Å². The normalized spacial score (nSPS) is 21.1. The molecule has 0 aromatic carbocycles. The van der Waals surface area contributed by atoms with Gasteiger partial charge in [0.2, 0.25) is 0 Å². The Morgan fingerprint density at radius 3 is 3.06 bits per heavy atom. The molecule has 1 fully saturated rings. The van der Waals surface area contributed by atoms with Gasteiger partial charge in [-0.05, 0) is 39.3 Å². The van der Waals surface area contributed by atoms with Gasteiger partial charge in [-0.2, -0.15) is 5.10 Å². The summed E-state index contributed by atoms with van der Waals surface area (Å²) in [5.74, 6) is -0.877. The van der Waals surface area contributed by atoms with E-state index in [-0.39, 0.29) is 5.92 Å². The lowest BCUT2D eigenvalue weighted by Gasteiger charge is -2.30. The van der Waals surface area contributed by atoms with Gasteiger partial charge in [-0.3, -0.25) is 14.4 Å². The highest BCUT2D eigenvalue weighted by Crippen LogP contribution is 2.19. The van der Waals surface area contributed by atoms with Gasteiger partial charge in [0, 0.05) is 19.6 Å². The molecule has 18 heavy (non-hydrogen) atoms. The minimum atomic E-state index is -0.667. The number of aliphatic carboxylic acids is 1. The Kier molecular flexibility index (Phi) is 4.01. The number of piperidine rings is 1. The van der Waals surface area contributed by atoms with Crippen LogP contribution in [0.2, 0.25) is 0 Å². The van der Waals surface area contributed by atoms with Gasteiger partial charge in [0.25, 0.3) is 0 Å². The van der Waals surface area contributed by atoms with E-state index < -0.39 is 5.97 Å². The largest absolute Gasteiger partial charge is 0.481 e. The summed E-state index contributed by atoms with van der Waals surface area (Å²) in [4.78, 5) is 13.3. The van der Waals surface area contributed by atoms with E-state index in [1.807, 2.05) is 11.6 Å². The topological polar surface area (TPSA) is 58.4 Å². The van der Waals surface area contributed by atoms with Crippen molar-refractivity contribution in [2.75, 3.05) is 13.1 Å². The summed E-state index contributed by atoms with van der Waals surface area (Å²) in [6.45, 7) is 7.37. The second-order valence-electron chi connectivity index (χ2n) is 5.01. The number of aromatic nitrogens is 2. The first-order chi connectivity index (χ1) is 8.60. The van der Waals surface area contributed by atoms with Gasteiger partial charge < -0.3 is 5.11 Å². The van der Waals surface area contributed by atoms with Gasteiger partial charge in [0.05, 0.1) is 17.3 Å². The van der Waals surface area contributed by atoms with Crippen molar-refractivity contribution in [2.45, 2.75) is 39.8 Å². The van der Waals surface area contributed by atoms with Gasteiger partial charge in [0.1, 0.15) is 0 Å². The van der Waals surface area contributed by atoms with Gasteiger partial charge in [0.15, 0.2) is 0 Å². The van der Waals surface area contributed by atoms with E-state index in [1.54, 1.807) is 0 Å². The van der Waals surface area contributed by atoms with Crippen LogP contribution in [-0.4, -0.2) is 38.8 Å². The number of likely N-dealkylation sites (tertiary alicyclic amines) is 1. The third-order valence-electron chi connectivity index (χ3n) is 3.53. The lowest BCUT2D eigenvalue weighted by atomic mass is 9.98. The summed E-state index contributed by atoms with van der Waals surface area (Å²) in [6, 6.07) is 2.09. The number of nitrogens with zero attached hydrogens (tertiary/aromatic N) is 3. The van der Waals surface area contributed by atoms with Crippen molar-refractivity contribution in [3.63, 3.8) is 0 Å². The average Bonchev–Trinajstić information content (AvgIpc) is 2.69. The van der Waals surface area contributed by atoms with Crippen molar-refractivity contribution in [3.05, 3.63) is 17.5 Å². The highest BCUT2D eigenvalue weighted by Gasteiger charge is 2.25. The summed E-state index contributed by atoms with van der Waals surface area (Å²) in [7, 11) is 0. The number of carbonyl (C=O) groups is 1. The molecule has 1 aliphatic heterocycles. The zero-order chi connectivity index (χ0) is 13.1. The number of rotatable bonds is 4. The third-order valence-corrected chi connectivity index (χ3v) is 3.53. The summed E-state index contributed by atoms with van der Waals surface area (Å²) in [6.07, 6.45) is 1.77. The van der Waals surface area contributed by atoms with E-state index in [1.165, 1.54) is 5.69 Å². The van der Waals surface area contributed by atoms with Crippen LogP contribution in [0.25, 0.3) is 0 Å². The van der Waals surface area contributed by atoms with Crippen LogP contribution in [0.1, 0.15) is 31.2 Å². The highest BCUT2D eigenvalue weighted by atomic mass is 16.4. The zero-order valence-electron chi connectivity index (χ0n) is 11.1. The monoisotopic (exact) mass is 251 g/mol. The van der Waals surface area contributed by atoms with Crippen LogP contribution in [0.15, 0.2) is 6.07 Å². The van der Waals surface area contributed by atoms with Crippen molar-refractivity contribution >= 4 is 5.97 Å². The molecule has 0 amide bonds. The molecule has 1 unspecified atom stereocenters. The van der Waals surface area contributed by atoms with Crippen molar-refractivity contribution in [1.29, 1.82) is 0 Å². The Hall–Kier alpha value is -1.36. The summed E-state index contributed by atoms with van der Waals surface area (Å²) in [5.41, 5.74) is 2.21. The second-order valence-corrected chi connectivity index (χ2v) is 5.01. The van der Waals surface area contributed by atoms with Crippen LogP contribution in [0.4, 0.5) is 0 Å². The zero-order valence-corrected chi connectivity index (χ0v) is 11.1. The Labute approximate surface area is 107 Å². The maximum Gasteiger partial charge on any atom is 0.307 e. The SMILES string of the molecule is CCn1nc(C)cc1CN1CCCC(C(=O)O)C1. The molecule has 2 rings (SSSR count). The quantitative estimate of drug-likeness (QED) is 0.881. The fraction of sp³-hybridized carbons (Fsp3) is 0.692. The predicted octanol–water partition coefficient (Wildman–Crippen LogP) is 1.51. The van der Waals surface area contributed by atoms with E-state index >= 15 is 0 Å². The van der Waals surface area contributed by atoms with E-state index in [2.05, 4.69) is 23.0 Å². The van der Waals surface area contributed by atoms with E-state index in [4.69, 9.17) is 5.11 Å². The number of hydrogen-bond acceptors (Lipinski definition) is 3. The maximum absolute atomic E-state index is 11.0. The molecule has 0 bridgehead atoms. The van der Waals surface area contributed by atoms with Crippen molar-refractivity contribution in [3.8, 4) is 0 Å². The lowest BCUT2D eigenvalue weighted by Crippen LogP contribution is -2.38. The van der Waals surface area contributed by atoms with E-state index in [0.29, 0.717) is 6.54 Å². The standard InChI is InChI=1S/C13H21N3O2/c1-3-16-12(7-10(2)14-16)9-15-6-4-5-11(8-15)13(17)18/h7,11H,3-6,8-9H2,1-2H3,(H,17,18). The van der Waals surface area contributed by atoms with Crippen LogP contribution in [0.5, 0.6) is 0 Å². The molecule has 0 aliphatic carbocycles. The number of aryl methyl sites for hydroxylation is 2. The maximum atomic E-state index is 11.0. The molecule has 0 spiro atoms. The van der Waals surface area contributed by atoms with Crippen molar-refractivity contribution in [1.82, 2.24) is 14.7 Å². The van der Waals surface area contributed by atoms with Crippen LogP contribution in [0.3, 0.4) is 0 Å². The molecule has 5 nitrogen and oxygen atoms in total. The molecule has 1 aromatic rings. The Morgan fingerprint density at radius 1 is 1.61 bits per heavy atom. The van der Waals surface area contributed by atoms with Crippen molar-refractivity contribution < 1.29 is 9.90 Å². The molecular weight excluding hydrogens is 230 g/mol. The molecule has 1 N–H and O–H groups in total. The fourth-order valence-electron chi connectivity index (χ4n) is 2.63. The number of hydrogen-bond donors (Lipinski definition) is 1. The molecule has 1 saturated heterocycles. The summed E-state index contributed by atoms with van der Waals surface area (Å²) < 4.78 is 2.00. The molecule has 5 heteroatoms. The molecule has 2 heterocycles. The smallest absolute Gasteiger partial charge is 0.307 e. The van der Waals surface area contributed by atoms with Crippen LogP contribution in [-0.2, 0) is 17.9 Å². The van der Waals surface area contributed by atoms with Crippen LogP contribution in [0, 0.1) is 12.8 Å². The third kappa shape index (κ3) is 2.90. The number of carboxylic acids is 1. The second kappa shape index (κ2) is 5.52. The molecule has 1 aromatic heterocycles. The first-order valence-electron chi connectivity index (χ1n) is 6.58. The van der Waals surface area contributed by atoms with Gasteiger partial charge >= 0.3 is 5.97 Å². The highest BCUT2D eigenvalue weighted by molar-refractivity contribution is 5.70. The molecule has 0 saturated carbocycles. The first kappa shape index (κ1) is 13.1. The van der Waals surface area contributed by atoms with E-state index in [9.17, 15) is 4.79 Å². The first-order valence-corrected chi connectivity index (χ1v) is 6.58. The summed E-state index contributed by atoms with van der Waals surface area (Å²) >= 11 is 0. The van der Waals surface area contributed by atoms with Crippen LogP contribution < -0.4 is 0 Å². The Bertz CT molecular complexity index is 428. The average molecular weight is 251 g/mol. The predicted molar refractivity (Wildman–Crippen MR) is 68.3 cm³/mol. The minimum absolute atomic E-state index is 0.210. The number of carboxylic acid groups (broad SMARTS) is 1. The fourth-order valence-corrected chi connectivity index (χ4v) is 2.63. The molecule has 1 aliphatic rings. The molecule has 100 valence electrons. The van der Waals surface area contributed by atoms with Gasteiger partial charge in [-0.15, -0.1) is 0 Å². The lowest BCUT2D eigenvalue weighted by molar-refractivity contribution is -0.143. The van der Waals surface area contributed by atoms with Crippen molar-refractivity contribution in [2.24, 2.45) is 5.92 Å². The molecule has 1 atom stereocenters. The van der Waals surface area contributed by atoms with Gasteiger partial charge in [-0.25, -0.2) is 0 Å². The Balaban J connectivity index is 2.02. The molecular formula is C13H21N3O2. The molecule has 0 radical (unpaired) electrons. The minimum Gasteiger partial charge on any atom is -0.481 e. The summed E-state index contributed by atoms with van der Waals surface area (Å²) in [5, 5.41) is 13.5. The Morgan fingerprint density at radius 2 is 2.39 bits per heavy atom. The van der Waals surface area contributed by atoms with Crippen LogP contribution >= 0.6 is 0 Å².